The Hall–Kier alpha value is -2.45. The number of guanidine groups is 1. The van der Waals surface area contributed by atoms with Gasteiger partial charge in [0.1, 0.15) is 5.75 Å². The van der Waals surface area contributed by atoms with E-state index in [2.05, 4.69) is 20.9 Å². The van der Waals surface area contributed by atoms with Gasteiger partial charge in [-0.1, -0.05) is 12.1 Å². The molecule has 0 saturated carbocycles. The number of hydrogen-bond acceptors (Lipinski definition) is 3. The van der Waals surface area contributed by atoms with Crippen molar-refractivity contribution in [1.29, 1.82) is 0 Å². The molecule has 0 spiro atoms. The number of carbonyl (C=O) groups is 1. The van der Waals surface area contributed by atoms with E-state index in [1.807, 2.05) is 27.7 Å². The fraction of sp³-hybridized carbons (Fsp3) is 0.579. The molecule has 0 aliphatic rings. The summed E-state index contributed by atoms with van der Waals surface area (Å²) in [4.78, 5) is 16.3. The van der Waals surface area contributed by atoms with E-state index in [-0.39, 0.29) is 30.3 Å². The van der Waals surface area contributed by atoms with Gasteiger partial charge in [0.05, 0.1) is 13.1 Å². The van der Waals surface area contributed by atoms with Crippen LogP contribution >= 0.6 is 0 Å². The Balaban J connectivity index is 2.82. The molecule has 0 radical (unpaired) electrons. The van der Waals surface area contributed by atoms with Gasteiger partial charge in [0.25, 0.3) is 0 Å². The highest BCUT2D eigenvalue weighted by atomic mass is 19.4. The van der Waals surface area contributed by atoms with Gasteiger partial charge in [0, 0.05) is 17.6 Å². The van der Waals surface area contributed by atoms with Gasteiger partial charge in [-0.3, -0.25) is 4.79 Å². The van der Waals surface area contributed by atoms with Crippen LogP contribution in [-0.4, -0.2) is 43.3 Å². The summed E-state index contributed by atoms with van der Waals surface area (Å²) in [6.07, 6.45) is -4.42. The predicted molar refractivity (Wildman–Crippen MR) is 103 cm³/mol. The van der Waals surface area contributed by atoms with Crippen molar-refractivity contribution < 1.29 is 22.7 Å². The van der Waals surface area contributed by atoms with E-state index in [0.717, 1.165) is 5.56 Å². The number of rotatable bonds is 7. The van der Waals surface area contributed by atoms with E-state index in [0.29, 0.717) is 18.1 Å². The first kappa shape index (κ1) is 23.6. The van der Waals surface area contributed by atoms with Gasteiger partial charge < -0.3 is 20.7 Å². The highest BCUT2D eigenvalue weighted by molar-refractivity contribution is 5.86. The summed E-state index contributed by atoms with van der Waals surface area (Å²) in [7, 11) is 0. The number of alkyl halides is 3. The number of halogens is 3. The standard InChI is InChI=1S/C19H29F3N4O2/c1-6-23-17(25-11-16(27)26-18(3,4)5)24-10-14-8-7-13(2)9-15(14)28-12-19(20,21)22/h7-9H,6,10-12H2,1-5H3,(H,26,27)(H2,23,24,25). The number of nitrogens with zero attached hydrogens (tertiary/aromatic N) is 1. The Morgan fingerprint density at radius 3 is 2.43 bits per heavy atom. The van der Waals surface area contributed by atoms with Crippen molar-refractivity contribution in [1.82, 2.24) is 16.0 Å². The van der Waals surface area contributed by atoms with E-state index in [9.17, 15) is 18.0 Å². The van der Waals surface area contributed by atoms with Gasteiger partial charge in [-0.25, -0.2) is 4.99 Å². The second-order valence-electron chi connectivity index (χ2n) is 7.36. The summed E-state index contributed by atoms with van der Waals surface area (Å²) in [6, 6.07) is 5.01. The van der Waals surface area contributed by atoms with Crippen molar-refractivity contribution >= 4 is 11.9 Å². The van der Waals surface area contributed by atoms with Crippen LogP contribution in [0.1, 0.15) is 38.8 Å². The van der Waals surface area contributed by atoms with E-state index < -0.39 is 12.8 Å². The third-order valence-electron chi connectivity index (χ3n) is 3.30. The second kappa shape index (κ2) is 10.2. The minimum atomic E-state index is -4.42. The summed E-state index contributed by atoms with van der Waals surface area (Å²) in [5.41, 5.74) is 0.959. The zero-order valence-electron chi connectivity index (χ0n) is 17.0. The van der Waals surface area contributed by atoms with Crippen LogP contribution < -0.4 is 20.7 Å². The third-order valence-corrected chi connectivity index (χ3v) is 3.30. The molecule has 1 aromatic carbocycles. The van der Waals surface area contributed by atoms with Crippen LogP contribution in [0, 0.1) is 6.92 Å². The zero-order valence-corrected chi connectivity index (χ0v) is 17.0. The van der Waals surface area contributed by atoms with E-state index in [4.69, 9.17) is 4.74 Å². The van der Waals surface area contributed by atoms with E-state index in [1.54, 1.807) is 25.1 Å². The zero-order chi connectivity index (χ0) is 21.4. The van der Waals surface area contributed by atoms with Crippen LogP contribution in [0.15, 0.2) is 23.2 Å². The SMILES string of the molecule is CCNC(=NCc1ccc(C)cc1OCC(F)(F)F)NCC(=O)NC(C)(C)C. The molecule has 0 aliphatic carbocycles. The quantitative estimate of drug-likeness (QED) is 0.484. The molecule has 3 N–H and O–H groups in total. The number of carbonyl (C=O) groups excluding carboxylic acids is 1. The Kier molecular flexibility index (Phi) is 8.59. The van der Waals surface area contributed by atoms with Crippen LogP contribution in [0.25, 0.3) is 0 Å². The first-order chi connectivity index (χ1) is 12.9. The number of nitrogens with one attached hydrogen (secondary N) is 3. The molecular weight excluding hydrogens is 373 g/mol. The molecule has 28 heavy (non-hydrogen) atoms. The minimum Gasteiger partial charge on any atom is -0.484 e. The first-order valence-corrected chi connectivity index (χ1v) is 9.02. The van der Waals surface area contributed by atoms with Gasteiger partial charge in [0.15, 0.2) is 12.6 Å². The molecule has 1 aromatic rings. The van der Waals surface area contributed by atoms with Crippen LogP contribution in [0.3, 0.4) is 0 Å². The fourth-order valence-electron chi connectivity index (χ4n) is 2.22. The molecule has 158 valence electrons. The number of aryl methyl sites for hydroxylation is 1. The van der Waals surface area contributed by atoms with Gasteiger partial charge in [0.2, 0.25) is 5.91 Å². The normalized spacial score (nSPS) is 12.5. The molecule has 0 bridgehead atoms. The summed E-state index contributed by atoms with van der Waals surface area (Å²) < 4.78 is 42.3. The maximum atomic E-state index is 12.5. The van der Waals surface area contributed by atoms with Crippen molar-refractivity contribution in [2.24, 2.45) is 4.99 Å². The Labute approximate surface area is 163 Å². The largest absolute Gasteiger partial charge is 0.484 e. The fourth-order valence-corrected chi connectivity index (χ4v) is 2.22. The van der Waals surface area contributed by atoms with Gasteiger partial charge in [-0.05, 0) is 46.2 Å². The third kappa shape index (κ3) is 10.0. The summed E-state index contributed by atoms with van der Waals surface area (Å²) in [5.74, 6) is 0.332. The second-order valence-corrected chi connectivity index (χ2v) is 7.36. The number of aliphatic imine (C=N–C) groups is 1. The molecule has 0 atom stereocenters. The van der Waals surface area contributed by atoms with Gasteiger partial charge >= 0.3 is 6.18 Å². The molecule has 0 aliphatic heterocycles. The van der Waals surface area contributed by atoms with Crippen LogP contribution in [-0.2, 0) is 11.3 Å². The lowest BCUT2D eigenvalue weighted by molar-refractivity contribution is -0.153. The van der Waals surface area contributed by atoms with Crippen molar-refractivity contribution in [2.75, 3.05) is 19.7 Å². The molecule has 0 fully saturated rings. The Morgan fingerprint density at radius 2 is 1.86 bits per heavy atom. The van der Waals surface area contributed by atoms with E-state index in [1.165, 1.54) is 0 Å². The summed E-state index contributed by atoms with van der Waals surface area (Å²) in [5, 5.41) is 8.73. The lowest BCUT2D eigenvalue weighted by Crippen LogP contribution is -2.48. The Bertz CT molecular complexity index is 683. The minimum absolute atomic E-state index is 0.0223. The molecule has 0 heterocycles. The number of hydrogen-bond donors (Lipinski definition) is 3. The van der Waals surface area contributed by atoms with Crippen LogP contribution in [0.2, 0.25) is 0 Å². The smallest absolute Gasteiger partial charge is 0.422 e. The van der Waals surface area contributed by atoms with Crippen molar-refractivity contribution in [2.45, 2.75) is 52.9 Å². The average Bonchev–Trinajstić information content (AvgIpc) is 2.54. The predicted octanol–water partition coefficient (Wildman–Crippen LogP) is 2.91. The molecule has 0 aromatic heterocycles. The Morgan fingerprint density at radius 1 is 1.18 bits per heavy atom. The topological polar surface area (TPSA) is 74.8 Å². The van der Waals surface area contributed by atoms with Crippen molar-refractivity contribution in [3.05, 3.63) is 29.3 Å². The lowest BCUT2D eigenvalue weighted by Gasteiger charge is -2.21. The van der Waals surface area contributed by atoms with Crippen molar-refractivity contribution in [3.63, 3.8) is 0 Å². The molecule has 1 rings (SSSR count). The molecule has 1 amide bonds. The van der Waals surface area contributed by atoms with E-state index >= 15 is 0 Å². The highest BCUT2D eigenvalue weighted by Crippen LogP contribution is 2.24. The van der Waals surface area contributed by atoms with Gasteiger partial charge in [-0.2, -0.15) is 13.2 Å². The summed E-state index contributed by atoms with van der Waals surface area (Å²) in [6.45, 7) is 8.61. The number of ether oxygens (including phenoxy) is 1. The van der Waals surface area contributed by atoms with Gasteiger partial charge in [-0.15, -0.1) is 0 Å². The molecule has 0 unspecified atom stereocenters. The monoisotopic (exact) mass is 402 g/mol. The van der Waals surface area contributed by atoms with Crippen molar-refractivity contribution in [3.8, 4) is 5.75 Å². The maximum Gasteiger partial charge on any atom is 0.422 e. The number of benzene rings is 1. The maximum absolute atomic E-state index is 12.5. The molecule has 9 heteroatoms. The average molecular weight is 402 g/mol. The molecular formula is C19H29F3N4O2. The molecule has 0 saturated heterocycles. The van der Waals surface area contributed by atoms with Crippen LogP contribution in [0.5, 0.6) is 5.75 Å². The highest BCUT2D eigenvalue weighted by Gasteiger charge is 2.28. The first-order valence-electron chi connectivity index (χ1n) is 9.02. The lowest BCUT2D eigenvalue weighted by atomic mass is 10.1. The molecule has 6 nitrogen and oxygen atoms in total. The number of amides is 1. The van der Waals surface area contributed by atoms with Crippen LogP contribution in [0.4, 0.5) is 13.2 Å². The summed E-state index contributed by atoms with van der Waals surface area (Å²) >= 11 is 0.